The van der Waals surface area contributed by atoms with Crippen LogP contribution in [-0.4, -0.2) is 31.1 Å². The molecule has 1 atom stereocenters. The van der Waals surface area contributed by atoms with Gasteiger partial charge in [-0.05, 0) is 51.9 Å². The Hall–Kier alpha value is -0.860. The van der Waals surface area contributed by atoms with Gasteiger partial charge in [-0.3, -0.25) is 0 Å². The lowest BCUT2D eigenvalue weighted by molar-refractivity contribution is 0.314. The number of unbranched alkanes of at least 4 members (excludes halogenated alkanes) is 1. The highest BCUT2D eigenvalue weighted by Crippen LogP contribution is 2.06. The van der Waals surface area contributed by atoms with Crippen LogP contribution in [0.25, 0.3) is 0 Å². The third kappa shape index (κ3) is 8.02. The third-order valence-electron chi connectivity index (χ3n) is 3.47. The molecule has 1 aromatic rings. The molecule has 2 heteroatoms. The van der Waals surface area contributed by atoms with Crippen LogP contribution < -0.4 is 5.32 Å². The molecule has 1 aromatic carbocycles. The van der Waals surface area contributed by atoms with Gasteiger partial charge in [0.15, 0.2) is 0 Å². The second-order valence-electron chi connectivity index (χ2n) is 5.57. The molecule has 0 saturated heterocycles. The number of hydrogen-bond acceptors (Lipinski definition) is 2. The van der Waals surface area contributed by atoms with E-state index in [0.717, 1.165) is 13.1 Å². The van der Waals surface area contributed by atoms with Crippen molar-refractivity contribution < 1.29 is 0 Å². The molecular weight excluding hydrogens is 232 g/mol. The van der Waals surface area contributed by atoms with E-state index in [0.29, 0.717) is 6.04 Å². The first kappa shape index (κ1) is 16.2. The van der Waals surface area contributed by atoms with Gasteiger partial charge in [-0.2, -0.15) is 0 Å². The molecule has 0 heterocycles. The van der Waals surface area contributed by atoms with Crippen molar-refractivity contribution in [3.05, 3.63) is 35.9 Å². The first-order valence-electron chi connectivity index (χ1n) is 7.68. The van der Waals surface area contributed by atoms with Crippen LogP contribution in [0.4, 0.5) is 0 Å². The Kier molecular flexibility index (Phi) is 8.52. The molecule has 0 aliphatic rings. The van der Waals surface area contributed by atoms with E-state index in [2.05, 4.69) is 61.4 Å². The highest BCUT2D eigenvalue weighted by atomic mass is 15.1. The molecule has 0 saturated carbocycles. The van der Waals surface area contributed by atoms with E-state index in [-0.39, 0.29) is 0 Å². The van der Waals surface area contributed by atoms with Gasteiger partial charge in [0.1, 0.15) is 0 Å². The molecular formula is C17H30N2. The molecule has 0 aliphatic carbocycles. The minimum absolute atomic E-state index is 0.666. The lowest BCUT2D eigenvalue weighted by Crippen LogP contribution is -2.27. The van der Waals surface area contributed by atoms with Crippen molar-refractivity contribution in [1.29, 1.82) is 0 Å². The Morgan fingerprint density at radius 2 is 1.89 bits per heavy atom. The van der Waals surface area contributed by atoms with Crippen molar-refractivity contribution in [2.45, 2.75) is 52.1 Å². The van der Waals surface area contributed by atoms with E-state index in [4.69, 9.17) is 0 Å². The largest absolute Gasteiger partial charge is 0.314 e. The molecule has 0 spiro atoms. The summed E-state index contributed by atoms with van der Waals surface area (Å²) in [4.78, 5) is 2.42. The van der Waals surface area contributed by atoms with Crippen molar-refractivity contribution in [2.24, 2.45) is 0 Å². The Labute approximate surface area is 119 Å². The predicted octanol–water partition coefficient (Wildman–Crippen LogP) is 3.68. The second kappa shape index (κ2) is 9.99. The van der Waals surface area contributed by atoms with Crippen molar-refractivity contribution in [1.82, 2.24) is 10.2 Å². The molecule has 108 valence electrons. The summed E-state index contributed by atoms with van der Waals surface area (Å²) >= 11 is 0. The fourth-order valence-corrected chi connectivity index (χ4v) is 2.30. The number of hydrogen-bond donors (Lipinski definition) is 1. The third-order valence-corrected chi connectivity index (χ3v) is 3.47. The summed E-state index contributed by atoms with van der Waals surface area (Å²) in [5.41, 5.74) is 1.41. The Morgan fingerprint density at radius 3 is 2.58 bits per heavy atom. The normalized spacial score (nSPS) is 12.8. The minimum Gasteiger partial charge on any atom is -0.314 e. The summed E-state index contributed by atoms with van der Waals surface area (Å²) in [5.74, 6) is 0. The van der Waals surface area contributed by atoms with Gasteiger partial charge in [-0.1, -0.05) is 43.7 Å². The fourth-order valence-electron chi connectivity index (χ4n) is 2.30. The zero-order valence-electron chi connectivity index (χ0n) is 12.9. The maximum Gasteiger partial charge on any atom is 0.0230 e. The van der Waals surface area contributed by atoms with E-state index in [1.807, 2.05) is 0 Å². The Bertz CT molecular complexity index is 310. The van der Waals surface area contributed by atoms with Crippen LogP contribution in [0.5, 0.6) is 0 Å². The van der Waals surface area contributed by atoms with E-state index in [1.165, 1.54) is 37.8 Å². The van der Waals surface area contributed by atoms with E-state index < -0.39 is 0 Å². The second-order valence-corrected chi connectivity index (χ2v) is 5.57. The SMILES string of the molecule is CCCNC(C)CCCCN(C)Cc1ccccc1. The molecule has 2 nitrogen and oxygen atoms in total. The number of nitrogens with one attached hydrogen (secondary N) is 1. The zero-order valence-corrected chi connectivity index (χ0v) is 12.9. The summed E-state index contributed by atoms with van der Waals surface area (Å²) in [6.07, 6.45) is 5.13. The molecule has 1 unspecified atom stereocenters. The van der Waals surface area contributed by atoms with Gasteiger partial charge >= 0.3 is 0 Å². The Morgan fingerprint density at radius 1 is 1.16 bits per heavy atom. The standard InChI is InChI=1S/C17H30N2/c1-4-13-18-16(2)10-8-9-14-19(3)15-17-11-6-5-7-12-17/h5-7,11-12,16,18H,4,8-10,13-15H2,1-3H3. The summed E-state index contributed by atoms with van der Waals surface area (Å²) in [6, 6.07) is 11.4. The van der Waals surface area contributed by atoms with E-state index in [1.54, 1.807) is 0 Å². The maximum absolute atomic E-state index is 3.55. The van der Waals surface area contributed by atoms with Crippen molar-refractivity contribution in [3.8, 4) is 0 Å². The number of nitrogens with zero attached hydrogens (tertiary/aromatic N) is 1. The topological polar surface area (TPSA) is 15.3 Å². The van der Waals surface area contributed by atoms with Crippen LogP contribution in [0, 0.1) is 0 Å². The summed E-state index contributed by atoms with van der Waals surface area (Å²) < 4.78 is 0. The molecule has 0 aromatic heterocycles. The average Bonchev–Trinajstić information content (AvgIpc) is 2.42. The molecule has 0 amide bonds. The molecule has 0 fully saturated rings. The lowest BCUT2D eigenvalue weighted by atomic mass is 10.1. The molecule has 0 bridgehead atoms. The number of rotatable bonds is 10. The molecule has 1 N–H and O–H groups in total. The molecule has 0 radical (unpaired) electrons. The molecule has 1 rings (SSSR count). The quantitative estimate of drug-likeness (QED) is 0.647. The highest BCUT2D eigenvalue weighted by molar-refractivity contribution is 5.14. The first-order valence-corrected chi connectivity index (χ1v) is 7.68. The van der Waals surface area contributed by atoms with Gasteiger partial charge in [-0.25, -0.2) is 0 Å². The van der Waals surface area contributed by atoms with Crippen molar-refractivity contribution in [3.63, 3.8) is 0 Å². The number of benzene rings is 1. The van der Waals surface area contributed by atoms with Crippen LogP contribution in [0.1, 0.15) is 45.1 Å². The van der Waals surface area contributed by atoms with Gasteiger partial charge in [0.05, 0.1) is 0 Å². The van der Waals surface area contributed by atoms with Crippen LogP contribution in [-0.2, 0) is 6.54 Å². The summed E-state index contributed by atoms with van der Waals surface area (Å²) in [6.45, 7) is 7.91. The average molecular weight is 262 g/mol. The minimum atomic E-state index is 0.666. The summed E-state index contributed by atoms with van der Waals surface area (Å²) in [5, 5.41) is 3.55. The fraction of sp³-hybridized carbons (Fsp3) is 0.647. The smallest absolute Gasteiger partial charge is 0.0230 e. The molecule has 0 aliphatic heterocycles. The van der Waals surface area contributed by atoms with Gasteiger partial charge in [0, 0.05) is 12.6 Å². The van der Waals surface area contributed by atoms with Gasteiger partial charge in [-0.15, -0.1) is 0 Å². The van der Waals surface area contributed by atoms with Crippen molar-refractivity contribution in [2.75, 3.05) is 20.1 Å². The van der Waals surface area contributed by atoms with Gasteiger partial charge in [0.2, 0.25) is 0 Å². The van der Waals surface area contributed by atoms with Gasteiger partial charge in [0.25, 0.3) is 0 Å². The van der Waals surface area contributed by atoms with Crippen LogP contribution in [0.3, 0.4) is 0 Å². The maximum atomic E-state index is 3.55. The zero-order chi connectivity index (χ0) is 13.9. The first-order chi connectivity index (χ1) is 9.22. The van der Waals surface area contributed by atoms with Crippen LogP contribution in [0.15, 0.2) is 30.3 Å². The van der Waals surface area contributed by atoms with E-state index in [9.17, 15) is 0 Å². The van der Waals surface area contributed by atoms with E-state index >= 15 is 0 Å². The highest BCUT2D eigenvalue weighted by Gasteiger charge is 2.02. The van der Waals surface area contributed by atoms with Gasteiger partial charge < -0.3 is 10.2 Å². The summed E-state index contributed by atoms with van der Waals surface area (Å²) in [7, 11) is 2.21. The van der Waals surface area contributed by atoms with Crippen molar-refractivity contribution >= 4 is 0 Å². The molecule has 19 heavy (non-hydrogen) atoms. The predicted molar refractivity (Wildman–Crippen MR) is 84.4 cm³/mol. The monoisotopic (exact) mass is 262 g/mol. The van der Waals surface area contributed by atoms with Crippen LogP contribution >= 0.6 is 0 Å². The lowest BCUT2D eigenvalue weighted by Gasteiger charge is -2.17. The van der Waals surface area contributed by atoms with Crippen LogP contribution in [0.2, 0.25) is 0 Å². The Balaban J connectivity index is 2.06.